The lowest BCUT2D eigenvalue weighted by atomic mass is 10.1. The molecule has 8 nitrogen and oxygen atoms in total. The molecule has 0 unspecified atom stereocenters. The van der Waals surface area contributed by atoms with Crippen LogP contribution in [0.25, 0.3) is 0 Å². The fourth-order valence-corrected chi connectivity index (χ4v) is 2.63. The number of nitrogens with one attached hydrogen (secondary N) is 2. The van der Waals surface area contributed by atoms with Crippen molar-refractivity contribution in [2.75, 3.05) is 23.7 Å². The quantitative estimate of drug-likeness (QED) is 0.346. The summed E-state index contributed by atoms with van der Waals surface area (Å²) in [5.41, 5.74) is 8.67. The van der Waals surface area contributed by atoms with Crippen LogP contribution < -0.4 is 21.3 Å². The van der Waals surface area contributed by atoms with Gasteiger partial charge in [0.1, 0.15) is 0 Å². The number of carbonyl (C=O) groups excluding carboxylic acids is 4. The average Bonchev–Trinajstić information content (AvgIpc) is 2.70. The van der Waals surface area contributed by atoms with Gasteiger partial charge in [0.05, 0.1) is 5.69 Å². The minimum Gasteiger partial charge on any atom is -0.399 e. The van der Waals surface area contributed by atoms with Crippen LogP contribution in [0.4, 0.5) is 11.4 Å². The number of nitrogens with zero attached hydrogens (tertiary/aromatic N) is 1. The Balaban J connectivity index is 1.71. The molecule has 29 heavy (non-hydrogen) atoms. The highest BCUT2D eigenvalue weighted by atomic mass is 16.2. The SMILES string of the molecule is CC(=O)N(C=O)c1ccc(CCNC(=O)C(=O)NCCc2ccc(N)cc2)cc1. The molecular weight excluding hydrogens is 372 g/mol. The molecule has 4 amide bonds. The van der Waals surface area contributed by atoms with Crippen LogP contribution in [0.2, 0.25) is 0 Å². The van der Waals surface area contributed by atoms with Gasteiger partial charge in [0.2, 0.25) is 12.3 Å². The number of hydrogen-bond donors (Lipinski definition) is 3. The normalized spacial score (nSPS) is 10.1. The molecule has 152 valence electrons. The molecule has 0 saturated heterocycles. The predicted octanol–water partition coefficient (Wildman–Crippen LogP) is 0.796. The lowest BCUT2D eigenvalue weighted by Crippen LogP contribution is -2.41. The Morgan fingerprint density at radius 3 is 1.72 bits per heavy atom. The lowest BCUT2D eigenvalue weighted by molar-refractivity contribution is -0.139. The van der Waals surface area contributed by atoms with E-state index < -0.39 is 11.8 Å². The Kier molecular flexibility index (Phi) is 7.90. The molecule has 0 spiro atoms. The first kappa shape index (κ1) is 21.6. The van der Waals surface area contributed by atoms with Crippen LogP contribution in [-0.2, 0) is 32.0 Å². The second-order valence-electron chi connectivity index (χ2n) is 6.41. The van der Waals surface area contributed by atoms with Gasteiger partial charge in [-0.15, -0.1) is 0 Å². The standard InChI is InChI=1S/C21H24N4O4/c1-15(27)25(14-26)19-8-4-17(5-9-19)11-13-24-21(29)20(28)23-12-10-16-2-6-18(22)7-3-16/h2-9,14H,10-13,22H2,1H3,(H,23,28)(H,24,29). The fourth-order valence-electron chi connectivity index (χ4n) is 2.63. The summed E-state index contributed by atoms with van der Waals surface area (Å²) >= 11 is 0. The van der Waals surface area contributed by atoms with Gasteiger partial charge < -0.3 is 16.4 Å². The number of nitrogens with two attached hydrogens (primary N) is 1. The molecule has 2 aromatic rings. The van der Waals surface area contributed by atoms with Gasteiger partial charge in [-0.3, -0.25) is 24.1 Å². The van der Waals surface area contributed by atoms with Crippen LogP contribution >= 0.6 is 0 Å². The van der Waals surface area contributed by atoms with E-state index in [0.717, 1.165) is 16.0 Å². The number of imide groups is 1. The Labute approximate surface area is 169 Å². The van der Waals surface area contributed by atoms with E-state index in [1.54, 1.807) is 36.4 Å². The van der Waals surface area contributed by atoms with Gasteiger partial charge in [-0.05, 0) is 48.2 Å². The van der Waals surface area contributed by atoms with Crippen molar-refractivity contribution >= 4 is 35.5 Å². The summed E-state index contributed by atoms with van der Waals surface area (Å²) in [6.45, 7) is 1.94. The van der Waals surface area contributed by atoms with Crippen LogP contribution in [0, 0.1) is 0 Å². The van der Waals surface area contributed by atoms with Crippen LogP contribution in [0.5, 0.6) is 0 Å². The number of benzene rings is 2. The summed E-state index contributed by atoms with van der Waals surface area (Å²) in [5.74, 6) is -1.75. The monoisotopic (exact) mass is 396 g/mol. The van der Waals surface area contributed by atoms with Gasteiger partial charge in [0, 0.05) is 25.7 Å². The van der Waals surface area contributed by atoms with E-state index in [9.17, 15) is 19.2 Å². The third kappa shape index (κ3) is 6.76. The molecule has 2 aromatic carbocycles. The second-order valence-corrected chi connectivity index (χ2v) is 6.41. The summed E-state index contributed by atoms with van der Waals surface area (Å²) in [4.78, 5) is 47.0. The summed E-state index contributed by atoms with van der Waals surface area (Å²) < 4.78 is 0. The number of amides is 4. The lowest BCUT2D eigenvalue weighted by Gasteiger charge is -2.13. The van der Waals surface area contributed by atoms with E-state index in [1.807, 2.05) is 12.1 Å². The first-order valence-corrected chi connectivity index (χ1v) is 9.15. The summed E-state index contributed by atoms with van der Waals surface area (Å²) in [7, 11) is 0. The van der Waals surface area contributed by atoms with Crippen LogP contribution in [0.15, 0.2) is 48.5 Å². The maximum atomic E-state index is 11.9. The Morgan fingerprint density at radius 1 is 0.862 bits per heavy atom. The van der Waals surface area contributed by atoms with Crippen molar-refractivity contribution in [2.24, 2.45) is 0 Å². The van der Waals surface area contributed by atoms with Gasteiger partial charge >= 0.3 is 11.8 Å². The highest BCUT2D eigenvalue weighted by Crippen LogP contribution is 2.14. The molecule has 0 radical (unpaired) electrons. The molecule has 8 heteroatoms. The molecule has 0 atom stereocenters. The van der Waals surface area contributed by atoms with Crippen molar-refractivity contribution in [3.8, 4) is 0 Å². The van der Waals surface area contributed by atoms with Gasteiger partial charge in [-0.25, -0.2) is 0 Å². The largest absolute Gasteiger partial charge is 0.399 e. The highest BCUT2D eigenvalue weighted by molar-refractivity contribution is 6.35. The topological polar surface area (TPSA) is 122 Å². The number of hydrogen-bond acceptors (Lipinski definition) is 5. The van der Waals surface area contributed by atoms with E-state index in [-0.39, 0.29) is 12.5 Å². The Hall–Kier alpha value is -3.68. The maximum Gasteiger partial charge on any atom is 0.309 e. The van der Waals surface area contributed by atoms with Crippen LogP contribution in [-0.4, -0.2) is 37.2 Å². The fraction of sp³-hybridized carbons (Fsp3) is 0.238. The predicted molar refractivity (Wildman–Crippen MR) is 110 cm³/mol. The van der Waals surface area contributed by atoms with E-state index in [1.165, 1.54) is 6.92 Å². The third-order valence-corrected chi connectivity index (χ3v) is 4.24. The van der Waals surface area contributed by atoms with Crippen molar-refractivity contribution in [1.29, 1.82) is 0 Å². The van der Waals surface area contributed by atoms with Gasteiger partial charge in [0.15, 0.2) is 0 Å². The smallest absolute Gasteiger partial charge is 0.309 e. The molecule has 0 saturated carbocycles. The van der Waals surface area contributed by atoms with Gasteiger partial charge in [-0.1, -0.05) is 24.3 Å². The number of nitrogen functional groups attached to an aromatic ring is 1. The zero-order valence-electron chi connectivity index (χ0n) is 16.2. The number of carbonyl (C=O) groups is 4. The van der Waals surface area contributed by atoms with Gasteiger partial charge in [0.25, 0.3) is 0 Å². The molecule has 0 heterocycles. The Morgan fingerprint density at radius 2 is 1.31 bits per heavy atom. The first-order chi connectivity index (χ1) is 13.9. The Bertz CT molecular complexity index is 863. The average molecular weight is 396 g/mol. The van der Waals surface area contributed by atoms with Crippen molar-refractivity contribution in [1.82, 2.24) is 10.6 Å². The van der Waals surface area contributed by atoms with E-state index in [0.29, 0.717) is 37.2 Å². The van der Waals surface area contributed by atoms with Crippen LogP contribution in [0.3, 0.4) is 0 Å². The number of anilines is 2. The van der Waals surface area contributed by atoms with E-state index >= 15 is 0 Å². The zero-order valence-corrected chi connectivity index (χ0v) is 16.2. The summed E-state index contributed by atoms with van der Waals surface area (Å²) in [5, 5.41) is 5.14. The van der Waals surface area contributed by atoms with Crippen molar-refractivity contribution in [3.63, 3.8) is 0 Å². The van der Waals surface area contributed by atoms with E-state index in [2.05, 4.69) is 10.6 Å². The molecule has 0 aliphatic carbocycles. The van der Waals surface area contributed by atoms with Crippen molar-refractivity contribution < 1.29 is 19.2 Å². The third-order valence-electron chi connectivity index (χ3n) is 4.24. The van der Waals surface area contributed by atoms with Crippen molar-refractivity contribution in [2.45, 2.75) is 19.8 Å². The summed E-state index contributed by atoms with van der Waals surface area (Å²) in [6, 6.07) is 14.1. The minimum atomic E-state index is -0.692. The molecular formula is C21H24N4O4. The highest BCUT2D eigenvalue weighted by Gasteiger charge is 2.12. The van der Waals surface area contributed by atoms with Crippen molar-refractivity contribution in [3.05, 3.63) is 59.7 Å². The maximum absolute atomic E-state index is 11.9. The van der Waals surface area contributed by atoms with Crippen LogP contribution in [0.1, 0.15) is 18.1 Å². The molecule has 4 N–H and O–H groups in total. The molecule has 0 aliphatic heterocycles. The molecule has 2 rings (SSSR count). The molecule has 0 aliphatic rings. The zero-order chi connectivity index (χ0) is 21.2. The van der Waals surface area contributed by atoms with Gasteiger partial charge in [-0.2, -0.15) is 0 Å². The second kappa shape index (κ2) is 10.6. The summed E-state index contributed by atoms with van der Waals surface area (Å²) in [6.07, 6.45) is 1.57. The molecule has 0 fully saturated rings. The van der Waals surface area contributed by atoms with E-state index in [4.69, 9.17) is 5.73 Å². The molecule has 0 aromatic heterocycles. The number of rotatable bonds is 8. The molecule has 0 bridgehead atoms. The first-order valence-electron chi connectivity index (χ1n) is 9.15. The minimum absolute atomic E-state index is 0.285.